The van der Waals surface area contributed by atoms with Gasteiger partial charge in [-0.05, 0) is 36.4 Å². The second-order valence-corrected chi connectivity index (χ2v) is 8.59. The molecule has 196 valence electrons. The molecule has 0 saturated carbocycles. The zero-order chi connectivity index (χ0) is 26.9. The van der Waals surface area contributed by atoms with Crippen molar-refractivity contribution in [1.82, 2.24) is 4.98 Å². The highest BCUT2D eigenvalue weighted by atomic mass is 35.5. The number of carbonyl (C=O) groups is 1. The minimum absolute atomic E-state index is 0.222. The molecule has 0 amide bonds. The largest absolute Gasteiger partial charge is 0.495 e. The minimum atomic E-state index is 0.222. The first-order valence-electron chi connectivity index (χ1n) is 11.3. The van der Waals surface area contributed by atoms with Crippen LogP contribution in [-0.4, -0.2) is 64.7 Å². The van der Waals surface area contributed by atoms with E-state index in [1.165, 1.54) is 19.9 Å². The third kappa shape index (κ3) is 6.62. The maximum Gasteiger partial charge on any atom is 0.150 e. The number of benzene rings is 2. The number of morpholine rings is 1. The van der Waals surface area contributed by atoms with E-state index < -0.39 is 0 Å². The maximum atomic E-state index is 10.5. The number of halogens is 2. The Bertz CT molecular complexity index is 1230. The van der Waals surface area contributed by atoms with Crippen molar-refractivity contribution in [3.63, 3.8) is 0 Å². The topological polar surface area (TPSA) is 125 Å². The van der Waals surface area contributed by atoms with E-state index in [4.69, 9.17) is 48.9 Å². The van der Waals surface area contributed by atoms with Crippen molar-refractivity contribution in [2.24, 2.45) is 10.7 Å². The van der Waals surface area contributed by atoms with Crippen molar-refractivity contribution >= 4 is 46.8 Å². The maximum absolute atomic E-state index is 10.5. The Kier molecular flexibility index (Phi) is 9.96. The molecule has 4 N–H and O–H groups in total. The number of aromatic nitrogens is 1. The Morgan fingerprint density at radius 1 is 1.05 bits per heavy atom. The predicted molar refractivity (Wildman–Crippen MR) is 149 cm³/mol. The van der Waals surface area contributed by atoms with Crippen LogP contribution in [0.25, 0.3) is 11.3 Å². The molecule has 0 unspecified atom stereocenters. The number of methoxy groups -OCH3 is 2. The summed E-state index contributed by atoms with van der Waals surface area (Å²) in [6.07, 6.45) is 0.864. The van der Waals surface area contributed by atoms with Crippen LogP contribution in [0.15, 0.2) is 47.5 Å². The fraction of sp³-hybridized carbons (Fsp3) is 0.269. The molecule has 0 spiro atoms. The molecule has 2 aromatic carbocycles. The van der Waals surface area contributed by atoms with E-state index in [0.29, 0.717) is 44.2 Å². The summed E-state index contributed by atoms with van der Waals surface area (Å²) in [7, 11) is 4.58. The lowest BCUT2D eigenvalue weighted by molar-refractivity contribution is 0.112. The molecule has 1 aromatic heterocycles. The minimum Gasteiger partial charge on any atom is -0.495 e. The lowest BCUT2D eigenvalue weighted by Gasteiger charge is -2.28. The molecule has 11 heteroatoms. The zero-order valence-electron chi connectivity index (χ0n) is 20.8. The van der Waals surface area contributed by atoms with Crippen LogP contribution in [0, 0.1) is 0 Å². The van der Waals surface area contributed by atoms with Gasteiger partial charge in [-0.15, -0.1) is 0 Å². The van der Waals surface area contributed by atoms with Gasteiger partial charge in [0.15, 0.2) is 0 Å². The Labute approximate surface area is 225 Å². The van der Waals surface area contributed by atoms with Crippen LogP contribution < -0.4 is 25.8 Å². The number of rotatable bonds is 6. The van der Waals surface area contributed by atoms with Crippen LogP contribution in [0.4, 0.5) is 11.5 Å². The summed E-state index contributed by atoms with van der Waals surface area (Å²) >= 11 is 12.7. The number of anilines is 2. The Morgan fingerprint density at radius 2 is 1.65 bits per heavy atom. The lowest BCUT2D eigenvalue weighted by atomic mass is 10.1. The van der Waals surface area contributed by atoms with E-state index in [0.717, 1.165) is 38.2 Å². The summed E-state index contributed by atoms with van der Waals surface area (Å²) in [5.74, 6) is 1.35. The molecule has 2 heterocycles. The fourth-order valence-electron chi connectivity index (χ4n) is 3.65. The number of ether oxygens (including phenoxy) is 3. The third-order valence-electron chi connectivity index (χ3n) is 5.68. The quantitative estimate of drug-likeness (QED) is 0.266. The first-order valence-corrected chi connectivity index (χ1v) is 12.1. The molecule has 4 rings (SSSR count). The average Bonchev–Trinajstić information content (AvgIpc) is 2.94. The summed E-state index contributed by atoms with van der Waals surface area (Å²) in [6.45, 7) is 3.44. The summed E-state index contributed by atoms with van der Waals surface area (Å²) < 4.78 is 15.8. The van der Waals surface area contributed by atoms with Crippen molar-refractivity contribution in [2.75, 3.05) is 58.2 Å². The highest BCUT2D eigenvalue weighted by molar-refractivity contribution is 6.41. The predicted octanol–water partition coefficient (Wildman–Crippen LogP) is 4.33. The van der Waals surface area contributed by atoms with Gasteiger partial charge in [0.1, 0.15) is 29.4 Å². The van der Waals surface area contributed by atoms with E-state index in [1.807, 2.05) is 24.3 Å². The Balaban J connectivity index is 0.000000231. The number of hydrogen-bond acceptors (Lipinski definition) is 8. The van der Waals surface area contributed by atoms with E-state index in [2.05, 4.69) is 14.9 Å². The van der Waals surface area contributed by atoms with Crippen molar-refractivity contribution in [1.29, 1.82) is 0 Å². The molecular weight excluding hydrogens is 517 g/mol. The second kappa shape index (κ2) is 13.1. The first-order chi connectivity index (χ1) is 17.8. The molecule has 1 aliphatic heterocycles. The molecule has 0 atom stereocenters. The fourth-order valence-corrected chi connectivity index (χ4v) is 4.34. The van der Waals surface area contributed by atoms with Gasteiger partial charge in [0.25, 0.3) is 0 Å². The van der Waals surface area contributed by atoms with Gasteiger partial charge in [-0.25, -0.2) is 4.98 Å². The van der Waals surface area contributed by atoms with E-state index >= 15 is 0 Å². The van der Waals surface area contributed by atoms with Gasteiger partial charge in [0.2, 0.25) is 0 Å². The molecule has 1 saturated heterocycles. The number of nitrogens with zero attached hydrogens (tertiary/aromatic N) is 3. The summed E-state index contributed by atoms with van der Waals surface area (Å²) in [5, 5.41) is 0.630. The average molecular weight is 546 g/mol. The molecule has 1 aliphatic rings. The van der Waals surface area contributed by atoms with Gasteiger partial charge in [0.05, 0.1) is 48.7 Å². The SMILES string of the molecule is CN=C(N)c1ccc(-c2c(Cl)c(OC)cc(OC)c2Cl)nc1N.O=Cc1ccc(N2CCOCC2)cc1. The molecular formula is C26H29Cl2N5O4. The number of hydrogen-bond donors (Lipinski definition) is 2. The van der Waals surface area contributed by atoms with Crippen molar-refractivity contribution in [3.8, 4) is 22.8 Å². The molecule has 37 heavy (non-hydrogen) atoms. The molecule has 0 bridgehead atoms. The van der Waals surface area contributed by atoms with Crippen LogP contribution in [0.1, 0.15) is 15.9 Å². The number of nitrogen functional groups attached to an aromatic ring is 1. The summed E-state index contributed by atoms with van der Waals surface area (Å²) in [4.78, 5) is 20.9. The standard InChI is InChI=1S/C15H16Cl2N4O2.C11H13NO2/c1-20-14(18)7-4-5-8(21-15(7)19)11-12(16)9(22-2)6-10(23-3)13(11)17;13-9-10-1-3-11(4-2-10)12-5-7-14-8-6-12/h4-6H,1-3H3,(H2,18,20)(H2,19,21);1-4,9H,5-8H2. The molecule has 1 fully saturated rings. The molecule has 0 aliphatic carbocycles. The van der Waals surface area contributed by atoms with Gasteiger partial charge in [-0.2, -0.15) is 0 Å². The number of amidine groups is 1. The zero-order valence-corrected chi connectivity index (χ0v) is 22.3. The number of carbonyl (C=O) groups excluding carboxylic acids is 1. The van der Waals surface area contributed by atoms with Gasteiger partial charge in [0, 0.05) is 43.0 Å². The smallest absolute Gasteiger partial charge is 0.150 e. The van der Waals surface area contributed by atoms with Crippen molar-refractivity contribution in [3.05, 3.63) is 63.6 Å². The van der Waals surface area contributed by atoms with Gasteiger partial charge >= 0.3 is 0 Å². The number of nitrogens with two attached hydrogens (primary N) is 2. The van der Waals surface area contributed by atoms with Gasteiger partial charge in [-0.3, -0.25) is 9.79 Å². The van der Waals surface area contributed by atoms with Crippen LogP contribution in [-0.2, 0) is 4.74 Å². The van der Waals surface area contributed by atoms with Crippen molar-refractivity contribution in [2.45, 2.75) is 0 Å². The number of pyridine rings is 1. The van der Waals surface area contributed by atoms with Crippen LogP contribution in [0.3, 0.4) is 0 Å². The third-order valence-corrected chi connectivity index (χ3v) is 6.43. The number of aliphatic imine (C=N–C) groups is 1. The lowest BCUT2D eigenvalue weighted by Crippen LogP contribution is -2.36. The summed E-state index contributed by atoms with van der Waals surface area (Å²) in [6, 6.07) is 12.7. The Hall–Kier alpha value is -3.53. The second-order valence-electron chi connectivity index (χ2n) is 7.83. The van der Waals surface area contributed by atoms with Crippen LogP contribution in [0.5, 0.6) is 11.5 Å². The number of aldehydes is 1. The van der Waals surface area contributed by atoms with E-state index in [9.17, 15) is 4.79 Å². The summed E-state index contributed by atoms with van der Waals surface area (Å²) in [5.41, 5.74) is 15.1. The van der Waals surface area contributed by atoms with Gasteiger partial charge in [-0.1, -0.05) is 23.2 Å². The van der Waals surface area contributed by atoms with E-state index in [-0.39, 0.29) is 5.82 Å². The first kappa shape index (κ1) is 28.0. The normalized spacial score (nSPS) is 13.4. The highest BCUT2D eigenvalue weighted by Gasteiger charge is 2.20. The monoisotopic (exact) mass is 545 g/mol. The molecule has 0 radical (unpaired) electrons. The Morgan fingerprint density at radius 3 is 2.14 bits per heavy atom. The van der Waals surface area contributed by atoms with Gasteiger partial charge < -0.3 is 30.6 Å². The van der Waals surface area contributed by atoms with Crippen LogP contribution >= 0.6 is 23.2 Å². The van der Waals surface area contributed by atoms with E-state index in [1.54, 1.807) is 25.2 Å². The van der Waals surface area contributed by atoms with Crippen molar-refractivity contribution < 1.29 is 19.0 Å². The highest BCUT2D eigenvalue weighted by Crippen LogP contribution is 2.45. The molecule has 3 aromatic rings. The molecule has 9 nitrogen and oxygen atoms in total. The van der Waals surface area contributed by atoms with Crippen LogP contribution in [0.2, 0.25) is 10.0 Å².